The maximum Gasteiger partial charge on any atom is 0.319 e. The van der Waals surface area contributed by atoms with Gasteiger partial charge in [0, 0.05) is 27.2 Å². The molecular formula is C11H20N2O4. The summed E-state index contributed by atoms with van der Waals surface area (Å²) in [5.74, 6) is -0.842. The Balaban J connectivity index is 2.21. The van der Waals surface area contributed by atoms with Crippen molar-refractivity contribution >= 4 is 12.0 Å². The van der Waals surface area contributed by atoms with Gasteiger partial charge in [0.05, 0.1) is 19.1 Å². The molecule has 17 heavy (non-hydrogen) atoms. The van der Waals surface area contributed by atoms with Gasteiger partial charge in [-0.1, -0.05) is 0 Å². The number of amides is 2. The quantitative estimate of drug-likeness (QED) is 0.787. The van der Waals surface area contributed by atoms with Crippen molar-refractivity contribution in [3.05, 3.63) is 0 Å². The summed E-state index contributed by atoms with van der Waals surface area (Å²) >= 11 is 0. The summed E-state index contributed by atoms with van der Waals surface area (Å²) in [5, 5.41) is 8.48. The van der Waals surface area contributed by atoms with Gasteiger partial charge >= 0.3 is 12.0 Å². The van der Waals surface area contributed by atoms with Crippen molar-refractivity contribution in [3.63, 3.8) is 0 Å². The summed E-state index contributed by atoms with van der Waals surface area (Å²) in [6.45, 7) is 1.60. The molecule has 0 aromatic carbocycles. The summed E-state index contributed by atoms with van der Waals surface area (Å²) in [6, 6.07) is 0.0222. The average Bonchev–Trinajstić information content (AvgIpc) is 2.28. The molecule has 2 amide bonds. The van der Waals surface area contributed by atoms with Gasteiger partial charge in [-0.25, -0.2) is 4.79 Å². The number of rotatable bonds is 4. The number of carbonyl (C=O) groups is 2. The van der Waals surface area contributed by atoms with Crippen LogP contribution in [0.15, 0.2) is 0 Å². The summed E-state index contributed by atoms with van der Waals surface area (Å²) < 4.78 is 5.45. The first-order chi connectivity index (χ1) is 8.00. The van der Waals surface area contributed by atoms with E-state index in [0.717, 1.165) is 12.8 Å². The Kier molecular flexibility index (Phi) is 5.21. The van der Waals surface area contributed by atoms with Gasteiger partial charge in [0.1, 0.15) is 0 Å². The van der Waals surface area contributed by atoms with Crippen LogP contribution in [0.3, 0.4) is 0 Å². The van der Waals surface area contributed by atoms with Gasteiger partial charge < -0.3 is 19.6 Å². The smallest absolute Gasteiger partial charge is 0.319 e. The van der Waals surface area contributed by atoms with Gasteiger partial charge in [-0.15, -0.1) is 0 Å². The predicted octanol–water partition coefficient (Wildman–Crippen LogP) is 0.624. The first kappa shape index (κ1) is 13.8. The molecule has 1 saturated heterocycles. The lowest BCUT2D eigenvalue weighted by molar-refractivity contribution is -0.138. The second-order valence-corrected chi connectivity index (χ2v) is 4.38. The lowest BCUT2D eigenvalue weighted by Gasteiger charge is -2.33. The monoisotopic (exact) mass is 244 g/mol. The van der Waals surface area contributed by atoms with Gasteiger partial charge in [-0.2, -0.15) is 0 Å². The molecule has 0 aliphatic carbocycles. The third kappa shape index (κ3) is 4.60. The van der Waals surface area contributed by atoms with Gasteiger partial charge in [-0.3, -0.25) is 4.79 Å². The van der Waals surface area contributed by atoms with Gasteiger partial charge in [0.25, 0.3) is 0 Å². The number of likely N-dealkylation sites (tertiary alicyclic amines) is 1. The van der Waals surface area contributed by atoms with E-state index >= 15 is 0 Å². The van der Waals surface area contributed by atoms with Crippen LogP contribution in [-0.2, 0) is 9.53 Å². The minimum Gasteiger partial charge on any atom is -0.481 e. The van der Waals surface area contributed by atoms with E-state index in [-0.39, 0.29) is 25.2 Å². The van der Waals surface area contributed by atoms with Crippen LogP contribution in [0.2, 0.25) is 0 Å². The second-order valence-electron chi connectivity index (χ2n) is 4.38. The molecule has 0 saturated carbocycles. The van der Waals surface area contributed by atoms with Crippen molar-refractivity contribution < 1.29 is 19.4 Å². The largest absolute Gasteiger partial charge is 0.481 e. The molecule has 6 heteroatoms. The standard InChI is InChI=1S/C11H20N2O4/c1-12(2)11(16)13-6-3-9(4-7-13)17-8-5-10(14)15/h9H,3-8H2,1-2H3,(H,14,15). The van der Waals surface area contributed by atoms with E-state index in [1.54, 1.807) is 23.9 Å². The Morgan fingerprint density at radius 3 is 2.41 bits per heavy atom. The maximum absolute atomic E-state index is 11.6. The van der Waals surface area contributed by atoms with Crippen LogP contribution in [0.1, 0.15) is 19.3 Å². The minimum absolute atomic E-state index is 0.0222. The van der Waals surface area contributed by atoms with Crippen LogP contribution in [-0.4, -0.2) is 66.8 Å². The third-order valence-corrected chi connectivity index (χ3v) is 2.76. The predicted molar refractivity (Wildman–Crippen MR) is 61.9 cm³/mol. The number of urea groups is 1. The van der Waals surface area contributed by atoms with Crippen LogP contribution in [0, 0.1) is 0 Å². The van der Waals surface area contributed by atoms with Crippen LogP contribution in [0.25, 0.3) is 0 Å². The van der Waals surface area contributed by atoms with E-state index in [4.69, 9.17) is 9.84 Å². The van der Waals surface area contributed by atoms with E-state index in [1.807, 2.05) is 0 Å². The molecule has 1 fully saturated rings. The number of piperidine rings is 1. The minimum atomic E-state index is -0.842. The number of ether oxygens (including phenoxy) is 1. The highest BCUT2D eigenvalue weighted by Gasteiger charge is 2.23. The van der Waals surface area contributed by atoms with E-state index in [9.17, 15) is 9.59 Å². The fourth-order valence-electron chi connectivity index (χ4n) is 1.81. The topological polar surface area (TPSA) is 70.1 Å². The summed E-state index contributed by atoms with van der Waals surface area (Å²) in [6.07, 6.45) is 1.68. The molecule has 1 rings (SSSR count). The van der Waals surface area contributed by atoms with Crippen molar-refractivity contribution in [3.8, 4) is 0 Å². The molecule has 6 nitrogen and oxygen atoms in total. The summed E-state index contributed by atoms with van der Waals surface area (Å²) in [7, 11) is 3.47. The van der Waals surface area contributed by atoms with E-state index in [2.05, 4.69) is 0 Å². The number of aliphatic carboxylic acids is 1. The van der Waals surface area contributed by atoms with Gasteiger partial charge in [0.15, 0.2) is 0 Å². The zero-order chi connectivity index (χ0) is 12.8. The maximum atomic E-state index is 11.6. The molecule has 0 radical (unpaired) electrons. The second kappa shape index (κ2) is 6.44. The third-order valence-electron chi connectivity index (χ3n) is 2.76. The SMILES string of the molecule is CN(C)C(=O)N1CCC(OCCC(=O)O)CC1. The van der Waals surface area contributed by atoms with Crippen LogP contribution >= 0.6 is 0 Å². The zero-order valence-electron chi connectivity index (χ0n) is 10.4. The highest BCUT2D eigenvalue weighted by molar-refractivity contribution is 5.73. The van der Waals surface area contributed by atoms with Crippen molar-refractivity contribution in [1.82, 2.24) is 9.80 Å². The van der Waals surface area contributed by atoms with Crippen LogP contribution in [0.4, 0.5) is 4.79 Å². The van der Waals surface area contributed by atoms with E-state index in [0.29, 0.717) is 13.1 Å². The Bertz CT molecular complexity index is 273. The number of carboxylic acids is 1. The molecule has 1 aliphatic heterocycles. The molecule has 0 atom stereocenters. The van der Waals surface area contributed by atoms with Crippen molar-refractivity contribution in [2.24, 2.45) is 0 Å². The molecule has 0 aromatic heterocycles. The van der Waals surface area contributed by atoms with Crippen molar-refractivity contribution in [1.29, 1.82) is 0 Å². The molecular weight excluding hydrogens is 224 g/mol. The lowest BCUT2D eigenvalue weighted by Crippen LogP contribution is -2.45. The van der Waals surface area contributed by atoms with Crippen LogP contribution in [0.5, 0.6) is 0 Å². The first-order valence-electron chi connectivity index (χ1n) is 5.80. The fourth-order valence-corrected chi connectivity index (χ4v) is 1.81. The molecule has 1 aliphatic rings. The van der Waals surface area contributed by atoms with Gasteiger partial charge in [0.2, 0.25) is 0 Å². The highest BCUT2D eigenvalue weighted by atomic mass is 16.5. The molecule has 0 aromatic rings. The van der Waals surface area contributed by atoms with Crippen LogP contribution < -0.4 is 0 Å². The Morgan fingerprint density at radius 2 is 1.94 bits per heavy atom. The highest BCUT2D eigenvalue weighted by Crippen LogP contribution is 2.14. The van der Waals surface area contributed by atoms with Gasteiger partial charge in [-0.05, 0) is 12.8 Å². The van der Waals surface area contributed by atoms with Crippen molar-refractivity contribution in [2.45, 2.75) is 25.4 Å². The number of carboxylic acid groups (broad SMARTS) is 1. The average molecular weight is 244 g/mol. The molecule has 98 valence electrons. The molecule has 0 spiro atoms. The fraction of sp³-hybridized carbons (Fsp3) is 0.818. The Morgan fingerprint density at radius 1 is 1.35 bits per heavy atom. The Hall–Kier alpha value is -1.30. The Labute approximate surface area is 101 Å². The normalized spacial score (nSPS) is 16.9. The van der Waals surface area contributed by atoms with Crippen molar-refractivity contribution in [2.75, 3.05) is 33.8 Å². The number of hydrogen-bond donors (Lipinski definition) is 1. The molecule has 1 heterocycles. The van der Waals surface area contributed by atoms with E-state index in [1.165, 1.54) is 0 Å². The molecule has 0 unspecified atom stereocenters. The number of hydrogen-bond acceptors (Lipinski definition) is 3. The number of carbonyl (C=O) groups excluding carboxylic acids is 1. The number of nitrogens with zero attached hydrogens (tertiary/aromatic N) is 2. The summed E-state index contributed by atoms with van der Waals surface area (Å²) in [5.41, 5.74) is 0. The molecule has 1 N–H and O–H groups in total. The lowest BCUT2D eigenvalue weighted by atomic mass is 10.1. The summed E-state index contributed by atoms with van der Waals surface area (Å²) in [4.78, 5) is 25.3. The zero-order valence-corrected chi connectivity index (χ0v) is 10.4. The first-order valence-corrected chi connectivity index (χ1v) is 5.80. The van der Waals surface area contributed by atoms with E-state index < -0.39 is 5.97 Å². The molecule has 0 bridgehead atoms.